The lowest BCUT2D eigenvalue weighted by molar-refractivity contribution is 0.513. The zero-order valence-corrected chi connectivity index (χ0v) is 10.4. The zero-order valence-electron chi connectivity index (χ0n) is 9.57. The predicted molar refractivity (Wildman–Crippen MR) is 62.3 cm³/mol. The molecule has 0 saturated carbocycles. The van der Waals surface area contributed by atoms with Gasteiger partial charge in [0, 0.05) is 6.04 Å². The molecule has 0 spiro atoms. The topological polar surface area (TPSA) is 82.0 Å². The summed E-state index contributed by atoms with van der Waals surface area (Å²) in [5.41, 5.74) is 0. The Labute approximate surface area is 97.3 Å². The molecule has 5 nitrogen and oxygen atoms in total. The van der Waals surface area contributed by atoms with Gasteiger partial charge in [0.1, 0.15) is 0 Å². The van der Waals surface area contributed by atoms with E-state index in [9.17, 15) is 8.42 Å². The summed E-state index contributed by atoms with van der Waals surface area (Å²) in [5, 5.41) is 11.1. The summed E-state index contributed by atoms with van der Waals surface area (Å²) < 4.78 is 26.3. The lowest BCUT2D eigenvalue weighted by atomic mass is 10.1. The summed E-state index contributed by atoms with van der Waals surface area (Å²) in [6.07, 6.45) is 2.93. The minimum Gasteiger partial charge on any atom is -0.317 e. The molecular weight excluding hydrogens is 226 g/mol. The minimum absolute atomic E-state index is 0.0256. The molecule has 0 aromatic carbocycles. The van der Waals surface area contributed by atoms with E-state index in [2.05, 4.69) is 10.0 Å². The van der Waals surface area contributed by atoms with Gasteiger partial charge in [-0.2, -0.15) is 5.26 Å². The predicted octanol–water partition coefficient (Wildman–Crippen LogP) is 0.350. The average molecular weight is 245 g/mol. The van der Waals surface area contributed by atoms with Crippen molar-refractivity contribution in [3.8, 4) is 6.07 Å². The van der Waals surface area contributed by atoms with Crippen LogP contribution in [0.3, 0.4) is 0 Å². The number of hydrogen-bond acceptors (Lipinski definition) is 4. The Morgan fingerprint density at radius 3 is 2.88 bits per heavy atom. The highest BCUT2D eigenvalue weighted by atomic mass is 32.2. The molecule has 1 heterocycles. The van der Waals surface area contributed by atoms with Crippen LogP contribution in [0.2, 0.25) is 0 Å². The van der Waals surface area contributed by atoms with Crippen LogP contribution in [0.15, 0.2) is 0 Å². The molecule has 16 heavy (non-hydrogen) atoms. The van der Waals surface area contributed by atoms with E-state index in [1.54, 1.807) is 6.92 Å². The van der Waals surface area contributed by atoms with Crippen LogP contribution in [-0.2, 0) is 10.0 Å². The molecule has 0 aromatic heterocycles. The number of sulfonamides is 1. The van der Waals surface area contributed by atoms with Gasteiger partial charge in [-0.25, -0.2) is 13.1 Å². The van der Waals surface area contributed by atoms with Gasteiger partial charge >= 0.3 is 0 Å². The van der Waals surface area contributed by atoms with E-state index in [1.165, 1.54) is 0 Å². The van der Waals surface area contributed by atoms with Gasteiger partial charge in [-0.1, -0.05) is 6.92 Å². The molecule has 1 aliphatic rings. The highest BCUT2D eigenvalue weighted by Crippen LogP contribution is 2.10. The monoisotopic (exact) mass is 245 g/mol. The van der Waals surface area contributed by atoms with Gasteiger partial charge in [0.2, 0.25) is 10.0 Å². The number of nitrogens with one attached hydrogen (secondary N) is 2. The molecule has 0 radical (unpaired) electrons. The smallest absolute Gasteiger partial charge is 0.228 e. The summed E-state index contributed by atoms with van der Waals surface area (Å²) in [6.45, 7) is 3.48. The average Bonchev–Trinajstić information content (AvgIpc) is 2.47. The first-order valence-corrected chi connectivity index (χ1v) is 7.26. The quantitative estimate of drug-likeness (QED) is 0.749. The van der Waals surface area contributed by atoms with Crippen LogP contribution < -0.4 is 10.0 Å². The second-order valence-corrected chi connectivity index (χ2v) is 5.96. The van der Waals surface area contributed by atoms with Gasteiger partial charge in [-0.05, 0) is 38.8 Å². The fraction of sp³-hybridized carbons (Fsp3) is 0.900. The van der Waals surface area contributed by atoms with Crippen molar-refractivity contribution in [2.45, 2.75) is 43.9 Å². The lowest BCUT2D eigenvalue weighted by Gasteiger charge is -2.17. The third kappa shape index (κ3) is 3.74. The SMILES string of the molecule is CCC(C#N)S(=O)(=O)NC1CCCNCC1. The third-order valence-electron chi connectivity index (χ3n) is 2.80. The van der Waals surface area contributed by atoms with E-state index >= 15 is 0 Å². The van der Waals surface area contributed by atoms with Crippen LogP contribution in [0.4, 0.5) is 0 Å². The third-order valence-corrected chi connectivity index (χ3v) is 4.65. The Bertz CT molecular complexity index is 340. The maximum Gasteiger partial charge on any atom is 0.228 e. The molecule has 0 aliphatic carbocycles. The maximum atomic E-state index is 11.8. The first kappa shape index (κ1) is 13.4. The minimum atomic E-state index is -3.48. The van der Waals surface area contributed by atoms with E-state index in [4.69, 9.17) is 5.26 Å². The van der Waals surface area contributed by atoms with Crippen molar-refractivity contribution >= 4 is 10.0 Å². The fourth-order valence-electron chi connectivity index (χ4n) is 1.83. The second-order valence-electron chi connectivity index (χ2n) is 4.07. The number of hydrogen-bond donors (Lipinski definition) is 2. The van der Waals surface area contributed by atoms with Crippen molar-refractivity contribution in [1.82, 2.24) is 10.0 Å². The van der Waals surface area contributed by atoms with Crippen molar-refractivity contribution in [2.24, 2.45) is 0 Å². The van der Waals surface area contributed by atoms with Crippen LogP contribution in [-0.4, -0.2) is 32.8 Å². The molecule has 1 fully saturated rings. The Balaban J connectivity index is 2.60. The van der Waals surface area contributed by atoms with E-state index in [0.29, 0.717) is 6.42 Å². The number of rotatable bonds is 4. The normalized spacial score (nSPS) is 24.4. The summed E-state index contributed by atoms with van der Waals surface area (Å²) in [7, 11) is -3.48. The van der Waals surface area contributed by atoms with Crippen molar-refractivity contribution in [3.05, 3.63) is 0 Å². The molecule has 2 atom stereocenters. The molecule has 1 rings (SSSR count). The highest BCUT2D eigenvalue weighted by Gasteiger charge is 2.26. The van der Waals surface area contributed by atoms with Gasteiger partial charge in [0.25, 0.3) is 0 Å². The van der Waals surface area contributed by atoms with Crippen LogP contribution in [0.5, 0.6) is 0 Å². The molecule has 1 saturated heterocycles. The fourth-order valence-corrected chi connectivity index (χ4v) is 3.27. The highest BCUT2D eigenvalue weighted by molar-refractivity contribution is 7.90. The van der Waals surface area contributed by atoms with Gasteiger partial charge in [0.15, 0.2) is 5.25 Å². The number of nitrogens with zero attached hydrogens (tertiary/aromatic N) is 1. The largest absolute Gasteiger partial charge is 0.317 e. The molecule has 2 N–H and O–H groups in total. The van der Waals surface area contributed by atoms with Gasteiger partial charge in [0.05, 0.1) is 6.07 Å². The van der Waals surface area contributed by atoms with Gasteiger partial charge in [-0.3, -0.25) is 0 Å². The Morgan fingerprint density at radius 1 is 1.50 bits per heavy atom. The molecule has 2 unspecified atom stereocenters. The zero-order chi connectivity index (χ0) is 12.0. The van der Waals surface area contributed by atoms with Gasteiger partial charge in [-0.15, -0.1) is 0 Å². The van der Waals surface area contributed by atoms with Crippen molar-refractivity contribution in [1.29, 1.82) is 5.26 Å². The maximum absolute atomic E-state index is 11.8. The summed E-state index contributed by atoms with van der Waals surface area (Å²) in [5.74, 6) is 0. The molecule has 0 amide bonds. The Morgan fingerprint density at radius 2 is 2.25 bits per heavy atom. The molecule has 0 bridgehead atoms. The lowest BCUT2D eigenvalue weighted by Crippen LogP contribution is -2.40. The van der Waals surface area contributed by atoms with Crippen molar-refractivity contribution < 1.29 is 8.42 Å². The second kappa shape index (κ2) is 6.18. The van der Waals surface area contributed by atoms with Crippen LogP contribution in [0.1, 0.15) is 32.6 Å². The molecule has 0 aromatic rings. The van der Waals surface area contributed by atoms with E-state index < -0.39 is 15.3 Å². The molecule has 1 aliphatic heterocycles. The Hall–Kier alpha value is -0.640. The molecular formula is C10H19N3O2S. The van der Waals surface area contributed by atoms with Gasteiger partial charge < -0.3 is 5.32 Å². The van der Waals surface area contributed by atoms with Crippen LogP contribution >= 0.6 is 0 Å². The molecule has 92 valence electrons. The van der Waals surface area contributed by atoms with Crippen molar-refractivity contribution in [3.63, 3.8) is 0 Å². The van der Waals surface area contributed by atoms with Crippen LogP contribution in [0, 0.1) is 11.3 Å². The summed E-state index contributed by atoms with van der Waals surface area (Å²) >= 11 is 0. The summed E-state index contributed by atoms with van der Waals surface area (Å²) in [4.78, 5) is 0. The van der Waals surface area contributed by atoms with E-state index in [1.807, 2.05) is 6.07 Å². The van der Waals surface area contributed by atoms with E-state index in [0.717, 1.165) is 32.4 Å². The first-order chi connectivity index (χ1) is 7.60. The number of nitriles is 1. The van der Waals surface area contributed by atoms with Crippen LogP contribution in [0.25, 0.3) is 0 Å². The van der Waals surface area contributed by atoms with Crippen molar-refractivity contribution in [2.75, 3.05) is 13.1 Å². The Kier molecular flexibility index (Phi) is 5.19. The summed E-state index contributed by atoms with van der Waals surface area (Å²) in [6, 6.07) is 1.81. The molecule has 6 heteroatoms. The standard InChI is InChI=1S/C10H19N3O2S/c1-2-10(8-11)16(14,15)13-9-4-3-6-12-7-5-9/h9-10,12-13H,2-7H2,1H3. The van der Waals surface area contributed by atoms with E-state index in [-0.39, 0.29) is 6.04 Å². The first-order valence-electron chi connectivity index (χ1n) is 5.71.